The molecule has 0 saturated heterocycles. The van der Waals surface area contributed by atoms with Gasteiger partial charge in [0.1, 0.15) is 11.9 Å². The zero-order valence-corrected chi connectivity index (χ0v) is 12.3. The minimum absolute atomic E-state index is 0.141. The van der Waals surface area contributed by atoms with E-state index < -0.39 is 6.10 Å². The Morgan fingerprint density at radius 1 is 1.16 bits per heavy atom. The monoisotopic (exact) mass is 264 g/mol. The molecule has 1 aromatic rings. The molecule has 0 spiro atoms. The number of hydrogen-bond donors (Lipinski definition) is 0. The molecule has 0 aromatic heterocycles. The quantitative estimate of drug-likeness (QED) is 0.714. The zero-order valence-electron chi connectivity index (χ0n) is 12.3. The van der Waals surface area contributed by atoms with Crippen molar-refractivity contribution in [2.75, 3.05) is 6.61 Å². The lowest BCUT2D eigenvalue weighted by atomic mass is 10.0. The molecule has 1 atom stereocenters. The van der Waals surface area contributed by atoms with Gasteiger partial charge in [-0.1, -0.05) is 19.1 Å². The van der Waals surface area contributed by atoms with Crippen molar-refractivity contribution in [2.24, 2.45) is 0 Å². The average molecular weight is 264 g/mol. The highest BCUT2D eigenvalue weighted by atomic mass is 16.5. The minimum atomic E-state index is -0.446. The van der Waals surface area contributed by atoms with Gasteiger partial charge in [0.15, 0.2) is 5.78 Å². The van der Waals surface area contributed by atoms with E-state index in [0.29, 0.717) is 13.0 Å². The van der Waals surface area contributed by atoms with Crippen molar-refractivity contribution in [2.45, 2.75) is 52.7 Å². The van der Waals surface area contributed by atoms with Crippen LogP contribution in [0.15, 0.2) is 24.3 Å². The van der Waals surface area contributed by atoms with Gasteiger partial charge in [0.05, 0.1) is 6.10 Å². The van der Waals surface area contributed by atoms with Gasteiger partial charge in [-0.05, 0) is 44.9 Å². The van der Waals surface area contributed by atoms with Crippen molar-refractivity contribution in [1.29, 1.82) is 0 Å². The molecule has 0 saturated carbocycles. The van der Waals surface area contributed by atoms with Crippen molar-refractivity contribution in [3.63, 3.8) is 0 Å². The van der Waals surface area contributed by atoms with Crippen molar-refractivity contribution < 1.29 is 14.3 Å². The predicted molar refractivity (Wildman–Crippen MR) is 76.5 cm³/mol. The Morgan fingerprint density at radius 3 is 2.26 bits per heavy atom. The molecule has 0 heterocycles. The number of carbonyl (C=O) groups excluding carboxylic acids is 1. The second-order valence-corrected chi connectivity index (χ2v) is 4.79. The normalized spacial score (nSPS) is 12.5. The summed E-state index contributed by atoms with van der Waals surface area (Å²) in [7, 11) is 0. The van der Waals surface area contributed by atoms with Gasteiger partial charge in [0.25, 0.3) is 0 Å². The number of ether oxygens (including phenoxy) is 2. The first-order valence-corrected chi connectivity index (χ1v) is 6.99. The molecule has 3 nitrogen and oxygen atoms in total. The largest absolute Gasteiger partial charge is 0.491 e. The van der Waals surface area contributed by atoms with Gasteiger partial charge >= 0.3 is 0 Å². The highest BCUT2D eigenvalue weighted by Gasteiger charge is 2.19. The van der Waals surface area contributed by atoms with Crippen LogP contribution in [-0.4, -0.2) is 18.5 Å². The molecule has 0 bridgehead atoms. The van der Waals surface area contributed by atoms with Crippen molar-refractivity contribution >= 4 is 5.78 Å². The Labute approximate surface area is 115 Å². The highest BCUT2D eigenvalue weighted by molar-refractivity contribution is 5.84. The van der Waals surface area contributed by atoms with Crippen molar-refractivity contribution in [3.05, 3.63) is 29.8 Å². The third-order valence-electron chi connectivity index (χ3n) is 2.68. The lowest BCUT2D eigenvalue weighted by Gasteiger charge is -2.17. The summed E-state index contributed by atoms with van der Waals surface area (Å²) >= 11 is 0. The van der Waals surface area contributed by atoms with Crippen LogP contribution in [0.3, 0.4) is 0 Å². The summed E-state index contributed by atoms with van der Waals surface area (Å²) < 4.78 is 11.2. The number of rotatable bonds is 8. The van der Waals surface area contributed by atoms with Gasteiger partial charge in [0, 0.05) is 13.0 Å². The maximum atomic E-state index is 12.0. The highest BCUT2D eigenvalue weighted by Crippen LogP contribution is 2.23. The number of carbonyl (C=O) groups is 1. The number of benzene rings is 1. The van der Waals surface area contributed by atoms with E-state index in [1.54, 1.807) is 0 Å². The SMILES string of the molecule is CCCC(=O)C(OCC)c1ccc(OC(C)C)cc1. The first kappa shape index (κ1) is 15.7. The molecule has 0 aliphatic carbocycles. The first-order valence-electron chi connectivity index (χ1n) is 6.99. The van der Waals surface area contributed by atoms with Crippen molar-refractivity contribution in [1.82, 2.24) is 0 Å². The molecule has 1 unspecified atom stereocenters. The minimum Gasteiger partial charge on any atom is -0.491 e. The van der Waals surface area contributed by atoms with Crippen LogP contribution in [0.5, 0.6) is 5.75 Å². The number of Topliss-reactive ketones (excluding diaryl/α,β-unsaturated/α-hetero) is 1. The van der Waals surface area contributed by atoms with Crippen LogP contribution in [-0.2, 0) is 9.53 Å². The van der Waals surface area contributed by atoms with Crippen LogP contribution in [0.1, 0.15) is 52.2 Å². The fourth-order valence-corrected chi connectivity index (χ4v) is 1.91. The summed E-state index contributed by atoms with van der Waals surface area (Å²) in [4.78, 5) is 12.0. The van der Waals surface area contributed by atoms with E-state index in [2.05, 4.69) is 0 Å². The van der Waals surface area contributed by atoms with E-state index >= 15 is 0 Å². The Kier molecular flexibility index (Phi) is 6.57. The second-order valence-electron chi connectivity index (χ2n) is 4.79. The van der Waals surface area contributed by atoms with Crippen LogP contribution in [0.2, 0.25) is 0 Å². The van der Waals surface area contributed by atoms with Crippen LogP contribution >= 0.6 is 0 Å². The molecule has 106 valence electrons. The van der Waals surface area contributed by atoms with Gasteiger partial charge in [-0.3, -0.25) is 4.79 Å². The number of hydrogen-bond acceptors (Lipinski definition) is 3. The van der Waals surface area contributed by atoms with E-state index in [0.717, 1.165) is 17.7 Å². The molecule has 1 aromatic carbocycles. The van der Waals surface area contributed by atoms with E-state index in [-0.39, 0.29) is 11.9 Å². The molecule has 3 heteroatoms. The molecule has 1 rings (SSSR count). The summed E-state index contributed by atoms with van der Waals surface area (Å²) in [6.07, 6.45) is 1.10. The van der Waals surface area contributed by atoms with E-state index in [4.69, 9.17) is 9.47 Å². The maximum Gasteiger partial charge on any atom is 0.166 e. The third-order valence-corrected chi connectivity index (χ3v) is 2.68. The molecular weight excluding hydrogens is 240 g/mol. The van der Waals surface area contributed by atoms with E-state index in [1.165, 1.54) is 0 Å². The van der Waals surface area contributed by atoms with Crippen LogP contribution in [0.4, 0.5) is 0 Å². The zero-order chi connectivity index (χ0) is 14.3. The van der Waals surface area contributed by atoms with Crippen molar-refractivity contribution in [3.8, 4) is 5.75 Å². The van der Waals surface area contributed by atoms with E-state index in [1.807, 2.05) is 52.0 Å². The maximum absolute atomic E-state index is 12.0. The topological polar surface area (TPSA) is 35.5 Å². The second kappa shape index (κ2) is 7.95. The molecule has 0 fully saturated rings. The summed E-state index contributed by atoms with van der Waals surface area (Å²) in [6, 6.07) is 7.60. The first-order chi connectivity index (χ1) is 9.08. The van der Waals surface area contributed by atoms with Crippen LogP contribution in [0.25, 0.3) is 0 Å². The van der Waals surface area contributed by atoms with Gasteiger partial charge < -0.3 is 9.47 Å². The third kappa shape index (κ3) is 5.03. The van der Waals surface area contributed by atoms with Gasteiger partial charge in [-0.2, -0.15) is 0 Å². The Hall–Kier alpha value is -1.35. The van der Waals surface area contributed by atoms with Gasteiger partial charge in [-0.15, -0.1) is 0 Å². The molecular formula is C16H24O3. The van der Waals surface area contributed by atoms with Crippen LogP contribution < -0.4 is 4.74 Å². The molecule has 0 amide bonds. The lowest BCUT2D eigenvalue weighted by molar-refractivity contribution is -0.130. The number of ketones is 1. The fraction of sp³-hybridized carbons (Fsp3) is 0.562. The average Bonchev–Trinajstić information content (AvgIpc) is 2.36. The molecule has 0 aliphatic heterocycles. The standard InChI is InChI=1S/C16H24O3/c1-5-7-15(17)16(18-6-2)13-8-10-14(11-9-13)19-12(3)4/h8-12,16H,5-7H2,1-4H3. The van der Waals surface area contributed by atoms with Gasteiger partial charge in [0.2, 0.25) is 0 Å². The predicted octanol–water partition coefficient (Wildman–Crippen LogP) is 3.92. The summed E-state index contributed by atoms with van der Waals surface area (Å²) in [6.45, 7) is 8.41. The molecule has 0 aliphatic rings. The molecule has 19 heavy (non-hydrogen) atoms. The lowest BCUT2D eigenvalue weighted by Crippen LogP contribution is -2.16. The summed E-state index contributed by atoms with van der Waals surface area (Å²) in [5.74, 6) is 0.957. The summed E-state index contributed by atoms with van der Waals surface area (Å²) in [5, 5.41) is 0. The smallest absolute Gasteiger partial charge is 0.166 e. The summed E-state index contributed by atoms with van der Waals surface area (Å²) in [5.41, 5.74) is 0.899. The Balaban J connectivity index is 2.81. The van der Waals surface area contributed by atoms with E-state index in [9.17, 15) is 4.79 Å². The Bertz CT molecular complexity index is 381. The Morgan fingerprint density at radius 2 is 1.79 bits per heavy atom. The molecule has 0 radical (unpaired) electrons. The van der Waals surface area contributed by atoms with Gasteiger partial charge in [-0.25, -0.2) is 0 Å². The fourth-order valence-electron chi connectivity index (χ4n) is 1.91. The van der Waals surface area contributed by atoms with Crippen LogP contribution in [0, 0.1) is 0 Å². The molecule has 0 N–H and O–H groups in total.